The van der Waals surface area contributed by atoms with Gasteiger partial charge in [-0.25, -0.2) is 0 Å². The second-order valence-corrected chi connectivity index (χ2v) is 3.32. The van der Waals surface area contributed by atoms with E-state index in [1.807, 2.05) is 0 Å². The van der Waals surface area contributed by atoms with Crippen molar-refractivity contribution in [3.05, 3.63) is 23.5 Å². The van der Waals surface area contributed by atoms with Crippen LogP contribution in [0.15, 0.2) is 12.3 Å². The maximum absolute atomic E-state index is 10.4. The van der Waals surface area contributed by atoms with E-state index in [2.05, 4.69) is 4.98 Å². The highest BCUT2D eigenvalue weighted by Crippen LogP contribution is 2.28. The molecular weight excluding hydrogens is 186 g/mol. The van der Waals surface area contributed by atoms with Crippen LogP contribution in [0.5, 0.6) is 0 Å². The van der Waals surface area contributed by atoms with E-state index in [0.717, 1.165) is 0 Å². The van der Waals surface area contributed by atoms with Crippen LogP contribution in [0.4, 0.5) is 0 Å². The fraction of sp³-hybridized carbons (Fsp3) is 0.444. The fourth-order valence-corrected chi connectivity index (χ4v) is 1.54. The van der Waals surface area contributed by atoms with Gasteiger partial charge in [0.2, 0.25) is 0 Å². The number of aldehydes is 1. The first-order valence-corrected chi connectivity index (χ1v) is 4.33. The van der Waals surface area contributed by atoms with Crippen LogP contribution in [0, 0.1) is 0 Å². The smallest absolute Gasteiger partial charge is 0.151 e. The van der Waals surface area contributed by atoms with Gasteiger partial charge in [0, 0.05) is 17.5 Å². The Morgan fingerprint density at radius 2 is 2.36 bits per heavy atom. The van der Waals surface area contributed by atoms with Gasteiger partial charge in [0.1, 0.15) is 18.3 Å². The average molecular weight is 197 g/mol. The Morgan fingerprint density at radius 1 is 1.57 bits per heavy atom. The molecule has 5 nitrogen and oxygen atoms in total. The van der Waals surface area contributed by atoms with E-state index in [0.29, 0.717) is 17.5 Å². The molecule has 3 unspecified atom stereocenters. The number of hydrogen-bond acceptors (Lipinski definition) is 4. The summed E-state index contributed by atoms with van der Waals surface area (Å²) in [6.07, 6.45) is -0.129. The third-order valence-electron chi connectivity index (χ3n) is 2.32. The van der Waals surface area contributed by atoms with Gasteiger partial charge in [-0.2, -0.15) is 0 Å². The molecule has 0 saturated carbocycles. The lowest BCUT2D eigenvalue weighted by Gasteiger charge is -2.12. The number of rotatable bonds is 2. The van der Waals surface area contributed by atoms with Gasteiger partial charge in [-0.05, 0) is 6.07 Å². The highest BCUT2D eigenvalue weighted by Gasteiger charge is 2.36. The Morgan fingerprint density at radius 3 is 2.86 bits per heavy atom. The molecular formula is C9H11NO4. The number of aliphatic hydroxyl groups is 2. The summed E-state index contributed by atoms with van der Waals surface area (Å²) in [6.45, 7) is 0.112. The maximum atomic E-state index is 10.4. The molecule has 2 heterocycles. The first-order chi connectivity index (χ1) is 6.72. The predicted octanol–water partition coefficient (Wildman–Crippen LogP) is -0.380. The van der Waals surface area contributed by atoms with Crippen molar-refractivity contribution in [1.29, 1.82) is 0 Å². The van der Waals surface area contributed by atoms with E-state index in [4.69, 9.17) is 4.74 Å². The molecule has 2 rings (SSSR count). The number of ether oxygens (including phenoxy) is 1. The number of carbonyl (C=O) groups is 1. The molecule has 1 aliphatic heterocycles. The SMILES string of the molecule is O=Cc1c[nH]c(C2OCC(O)C2O)c1. The number of aliphatic hydroxyl groups excluding tert-OH is 2. The van der Waals surface area contributed by atoms with Crippen molar-refractivity contribution < 1.29 is 19.7 Å². The van der Waals surface area contributed by atoms with Crippen molar-refractivity contribution in [3.8, 4) is 0 Å². The Labute approximate surface area is 80.3 Å². The van der Waals surface area contributed by atoms with Crippen molar-refractivity contribution in [2.75, 3.05) is 6.61 Å². The highest BCUT2D eigenvalue weighted by atomic mass is 16.5. The van der Waals surface area contributed by atoms with Gasteiger partial charge in [0.15, 0.2) is 6.29 Å². The summed E-state index contributed by atoms with van der Waals surface area (Å²) >= 11 is 0. The molecule has 1 saturated heterocycles. The summed E-state index contributed by atoms with van der Waals surface area (Å²) in [5.41, 5.74) is 1.10. The summed E-state index contributed by atoms with van der Waals surface area (Å²) in [6, 6.07) is 1.60. The monoisotopic (exact) mass is 197 g/mol. The number of aromatic nitrogens is 1. The van der Waals surface area contributed by atoms with Gasteiger partial charge in [-0.15, -0.1) is 0 Å². The van der Waals surface area contributed by atoms with E-state index in [-0.39, 0.29) is 6.61 Å². The first kappa shape index (κ1) is 9.39. The van der Waals surface area contributed by atoms with Crippen LogP contribution in [-0.4, -0.2) is 40.3 Å². The lowest BCUT2D eigenvalue weighted by molar-refractivity contribution is 0.0207. The van der Waals surface area contributed by atoms with Crippen LogP contribution in [0.3, 0.4) is 0 Å². The Hall–Kier alpha value is -1.17. The largest absolute Gasteiger partial charge is 0.388 e. The maximum Gasteiger partial charge on any atom is 0.151 e. The number of H-pyrrole nitrogens is 1. The number of carbonyl (C=O) groups excluding carboxylic acids is 1. The van der Waals surface area contributed by atoms with Crippen LogP contribution < -0.4 is 0 Å². The van der Waals surface area contributed by atoms with Crippen LogP contribution in [0.25, 0.3) is 0 Å². The van der Waals surface area contributed by atoms with Crippen molar-refractivity contribution in [2.45, 2.75) is 18.3 Å². The van der Waals surface area contributed by atoms with E-state index in [1.54, 1.807) is 6.07 Å². The van der Waals surface area contributed by atoms with Crippen molar-refractivity contribution >= 4 is 6.29 Å². The molecule has 14 heavy (non-hydrogen) atoms. The Balaban J connectivity index is 2.19. The lowest BCUT2D eigenvalue weighted by Crippen LogP contribution is -2.25. The van der Waals surface area contributed by atoms with Crippen LogP contribution in [0.2, 0.25) is 0 Å². The zero-order chi connectivity index (χ0) is 10.1. The summed E-state index contributed by atoms with van der Waals surface area (Å²) < 4.78 is 5.17. The molecule has 1 aromatic heterocycles. The molecule has 1 aliphatic rings. The third kappa shape index (κ3) is 1.45. The first-order valence-electron chi connectivity index (χ1n) is 4.33. The zero-order valence-electron chi connectivity index (χ0n) is 7.38. The minimum absolute atomic E-state index is 0.112. The molecule has 5 heteroatoms. The van der Waals surface area contributed by atoms with Gasteiger partial charge in [-0.1, -0.05) is 0 Å². The summed E-state index contributed by atoms with van der Waals surface area (Å²) in [5, 5.41) is 18.7. The summed E-state index contributed by atoms with van der Waals surface area (Å²) in [7, 11) is 0. The van der Waals surface area contributed by atoms with E-state index < -0.39 is 18.3 Å². The number of aromatic amines is 1. The molecule has 0 bridgehead atoms. The summed E-state index contributed by atoms with van der Waals surface area (Å²) in [4.78, 5) is 13.2. The Kier molecular flexibility index (Phi) is 2.37. The standard InChI is InChI=1S/C9H11NO4/c11-3-5-1-6(10-2-5)9-8(13)7(12)4-14-9/h1-3,7-10,12-13H,4H2. The van der Waals surface area contributed by atoms with E-state index >= 15 is 0 Å². The quantitative estimate of drug-likeness (QED) is 0.564. The van der Waals surface area contributed by atoms with Gasteiger partial charge < -0.3 is 19.9 Å². The zero-order valence-corrected chi connectivity index (χ0v) is 7.38. The molecule has 76 valence electrons. The van der Waals surface area contributed by atoms with Crippen LogP contribution >= 0.6 is 0 Å². The van der Waals surface area contributed by atoms with Crippen molar-refractivity contribution in [1.82, 2.24) is 4.98 Å². The summed E-state index contributed by atoms with van der Waals surface area (Å²) in [5.74, 6) is 0. The molecule has 1 aromatic rings. The van der Waals surface area contributed by atoms with Crippen LogP contribution in [0.1, 0.15) is 22.2 Å². The molecule has 0 aliphatic carbocycles. The van der Waals surface area contributed by atoms with Crippen LogP contribution in [-0.2, 0) is 4.74 Å². The molecule has 0 amide bonds. The second-order valence-electron chi connectivity index (χ2n) is 3.32. The fourth-order valence-electron chi connectivity index (χ4n) is 1.54. The van der Waals surface area contributed by atoms with Crippen molar-refractivity contribution in [2.24, 2.45) is 0 Å². The van der Waals surface area contributed by atoms with Gasteiger partial charge in [0.25, 0.3) is 0 Å². The molecule has 0 spiro atoms. The number of nitrogens with one attached hydrogen (secondary N) is 1. The molecule has 0 radical (unpaired) electrons. The minimum atomic E-state index is -0.937. The van der Waals surface area contributed by atoms with Gasteiger partial charge >= 0.3 is 0 Å². The highest BCUT2D eigenvalue weighted by molar-refractivity contribution is 5.74. The molecule has 1 fully saturated rings. The van der Waals surface area contributed by atoms with E-state index in [9.17, 15) is 15.0 Å². The molecule has 0 aromatic carbocycles. The molecule has 3 atom stereocenters. The lowest BCUT2D eigenvalue weighted by atomic mass is 10.1. The average Bonchev–Trinajstić information content (AvgIpc) is 2.75. The predicted molar refractivity (Wildman–Crippen MR) is 46.9 cm³/mol. The van der Waals surface area contributed by atoms with Gasteiger partial charge in [0.05, 0.1) is 6.61 Å². The normalized spacial score (nSPS) is 32.0. The van der Waals surface area contributed by atoms with Crippen molar-refractivity contribution in [3.63, 3.8) is 0 Å². The minimum Gasteiger partial charge on any atom is -0.388 e. The van der Waals surface area contributed by atoms with Gasteiger partial charge in [-0.3, -0.25) is 4.79 Å². The second kappa shape index (κ2) is 3.53. The number of hydrogen-bond donors (Lipinski definition) is 3. The van der Waals surface area contributed by atoms with E-state index in [1.165, 1.54) is 6.20 Å². The topological polar surface area (TPSA) is 82.6 Å². The Bertz CT molecular complexity index is 335. The molecule has 3 N–H and O–H groups in total. The third-order valence-corrected chi connectivity index (χ3v) is 2.32.